The summed E-state index contributed by atoms with van der Waals surface area (Å²) >= 11 is 0. The van der Waals surface area contributed by atoms with E-state index in [0.717, 1.165) is 25.7 Å². The number of ether oxygens (including phenoxy) is 1. The van der Waals surface area contributed by atoms with Crippen molar-refractivity contribution < 1.29 is 4.74 Å². The minimum Gasteiger partial charge on any atom is -0.374 e. The molecule has 1 saturated heterocycles. The minimum atomic E-state index is 0. The number of aliphatic imine (C=N–C) groups is 1. The molecule has 6 heteroatoms. The first kappa shape index (κ1) is 15.0. The van der Waals surface area contributed by atoms with E-state index in [1.165, 1.54) is 12.8 Å². The Bertz CT molecular complexity index is 268. The Labute approximate surface area is 120 Å². The zero-order valence-corrected chi connectivity index (χ0v) is 13.0. The van der Waals surface area contributed by atoms with E-state index in [-0.39, 0.29) is 30.1 Å². The quantitative estimate of drug-likeness (QED) is 0.451. The fourth-order valence-corrected chi connectivity index (χ4v) is 1.96. The molecule has 5 nitrogen and oxygen atoms in total. The number of nitrogens with zero attached hydrogens (tertiary/aromatic N) is 3. The van der Waals surface area contributed by atoms with E-state index in [1.807, 2.05) is 19.0 Å². The van der Waals surface area contributed by atoms with Gasteiger partial charge in [0.15, 0.2) is 5.96 Å². The molecule has 0 radical (unpaired) electrons. The lowest BCUT2D eigenvalue weighted by atomic mass is 10.2. The van der Waals surface area contributed by atoms with Crippen LogP contribution in [0.4, 0.5) is 0 Å². The van der Waals surface area contributed by atoms with Crippen molar-refractivity contribution in [1.82, 2.24) is 9.80 Å². The van der Waals surface area contributed by atoms with Crippen LogP contribution in [0.1, 0.15) is 12.8 Å². The molecule has 0 amide bonds. The first-order valence-corrected chi connectivity index (χ1v) is 5.99. The zero-order valence-electron chi connectivity index (χ0n) is 10.6. The van der Waals surface area contributed by atoms with E-state index in [4.69, 9.17) is 10.5 Å². The molecule has 0 aromatic heterocycles. The van der Waals surface area contributed by atoms with Gasteiger partial charge in [0, 0.05) is 33.2 Å². The maximum absolute atomic E-state index is 5.75. The molecule has 2 fully saturated rings. The SMILES string of the molecule is CN(C)C(N)=NCC1CN(C2CC2)CCO1.I. The van der Waals surface area contributed by atoms with E-state index < -0.39 is 0 Å². The van der Waals surface area contributed by atoms with E-state index in [9.17, 15) is 0 Å². The van der Waals surface area contributed by atoms with E-state index >= 15 is 0 Å². The number of hydrogen-bond donors (Lipinski definition) is 1. The van der Waals surface area contributed by atoms with Crippen molar-refractivity contribution in [1.29, 1.82) is 0 Å². The Morgan fingerprint density at radius 1 is 1.47 bits per heavy atom. The fraction of sp³-hybridized carbons (Fsp3) is 0.909. The molecule has 0 spiro atoms. The van der Waals surface area contributed by atoms with Crippen molar-refractivity contribution in [2.75, 3.05) is 40.3 Å². The van der Waals surface area contributed by atoms with Gasteiger partial charge in [-0.25, -0.2) is 0 Å². The molecular formula is C11H23IN4O. The minimum absolute atomic E-state index is 0. The van der Waals surface area contributed by atoms with Gasteiger partial charge in [-0.2, -0.15) is 0 Å². The highest BCUT2D eigenvalue weighted by Gasteiger charge is 2.32. The molecule has 1 unspecified atom stereocenters. The smallest absolute Gasteiger partial charge is 0.190 e. The zero-order chi connectivity index (χ0) is 11.5. The normalized spacial score (nSPS) is 26.5. The Kier molecular flexibility index (Phi) is 5.94. The molecule has 2 aliphatic rings. The third-order valence-electron chi connectivity index (χ3n) is 3.15. The highest BCUT2D eigenvalue weighted by molar-refractivity contribution is 14.0. The number of rotatable bonds is 3. The van der Waals surface area contributed by atoms with Crippen molar-refractivity contribution >= 4 is 29.9 Å². The van der Waals surface area contributed by atoms with Crippen molar-refractivity contribution in [3.8, 4) is 0 Å². The van der Waals surface area contributed by atoms with E-state index in [2.05, 4.69) is 9.89 Å². The van der Waals surface area contributed by atoms with Crippen molar-refractivity contribution in [2.45, 2.75) is 25.0 Å². The topological polar surface area (TPSA) is 54.1 Å². The summed E-state index contributed by atoms with van der Waals surface area (Å²) in [6, 6.07) is 0.821. The first-order valence-electron chi connectivity index (χ1n) is 5.99. The van der Waals surface area contributed by atoms with E-state index in [1.54, 1.807) is 0 Å². The van der Waals surface area contributed by atoms with Gasteiger partial charge >= 0.3 is 0 Å². The molecule has 17 heavy (non-hydrogen) atoms. The summed E-state index contributed by atoms with van der Waals surface area (Å²) in [5.74, 6) is 0.576. The molecule has 1 saturated carbocycles. The Balaban J connectivity index is 0.00000144. The van der Waals surface area contributed by atoms with Crippen LogP contribution in [0.25, 0.3) is 0 Å². The molecule has 100 valence electrons. The summed E-state index contributed by atoms with van der Waals surface area (Å²) in [5.41, 5.74) is 5.75. The molecule has 1 heterocycles. The van der Waals surface area contributed by atoms with Gasteiger partial charge in [-0.15, -0.1) is 24.0 Å². The van der Waals surface area contributed by atoms with Gasteiger partial charge in [0.2, 0.25) is 0 Å². The number of hydrogen-bond acceptors (Lipinski definition) is 3. The predicted molar refractivity (Wildman–Crippen MR) is 79.9 cm³/mol. The van der Waals surface area contributed by atoms with Gasteiger partial charge in [0.25, 0.3) is 0 Å². The third kappa shape index (κ3) is 4.59. The van der Waals surface area contributed by atoms with Gasteiger partial charge in [0.05, 0.1) is 19.3 Å². The van der Waals surface area contributed by atoms with Gasteiger partial charge in [-0.1, -0.05) is 0 Å². The van der Waals surface area contributed by atoms with Crippen molar-refractivity contribution in [2.24, 2.45) is 10.7 Å². The lowest BCUT2D eigenvalue weighted by Gasteiger charge is -2.32. The molecular weight excluding hydrogens is 331 g/mol. The monoisotopic (exact) mass is 354 g/mol. The van der Waals surface area contributed by atoms with Crippen LogP contribution in [0.15, 0.2) is 4.99 Å². The fourth-order valence-electron chi connectivity index (χ4n) is 1.96. The lowest BCUT2D eigenvalue weighted by molar-refractivity contribution is -0.0259. The molecule has 1 aliphatic carbocycles. The summed E-state index contributed by atoms with van der Waals surface area (Å²) in [6.45, 7) is 3.59. The highest BCUT2D eigenvalue weighted by Crippen LogP contribution is 2.28. The molecule has 2 rings (SSSR count). The van der Waals surface area contributed by atoms with Crippen LogP contribution >= 0.6 is 24.0 Å². The average molecular weight is 354 g/mol. The van der Waals surface area contributed by atoms with Crippen LogP contribution in [0.3, 0.4) is 0 Å². The number of morpholine rings is 1. The number of nitrogens with two attached hydrogens (primary N) is 1. The second-order valence-electron chi connectivity index (χ2n) is 4.81. The van der Waals surface area contributed by atoms with Crippen LogP contribution in [-0.4, -0.2) is 68.2 Å². The lowest BCUT2D eigenvalue weighted by Crippen LogP contribution is -2.45. The third-order valence-corrected chi connectivity index (χ3v) is 3.15. The number of halogens is 1. The largest absolute Gasteiger partial charge is 0.374 e. The Morgan fingerprint density at radius 2 is 2.18 bits per heavy atom. The van der Waals surface area contributed by atoms with Crippen LogP contribution < -0.4 is 5.73 Å². The number of guanidine groups is 1. The summed E-state index contributed by atoms with van der Waals surface area (Å²) in [4.78, 5) is 8.67. The maximum atomic E-state index is 5.75. The molecule has 1 aliphatic heterocycles. The molecule has 2 N–H and O–H groups in total. The van der Waals surface area contributed by atoms with Gasteiger partial charge in [-0.05, 0) is 12.8 Å². The van der Waals surface area contributed by atoms with Gasteiger partial charge in [-0.3, -0.25) is 9.89 Å². The molecule has 0 bridgehead atoms. The molecule has 0 aromatic rings. The predicted octanol–water partition coefficient (Wildman–Crippen LogP) is 0.344. The highest BCUT2D eigenvalue weighted by atomic mass is 127. The maximum Gasteiger partial charge on any atom is 0.190 e. The second kappa shape index (κ2) is 6.75. The van der Waals surface area contributed by atoms with Crippen LogP contribution in [0.5, 0.6) is 0 Å². The first-order chi connectivity index (χ1) is 7.66. The Morgan fingerprint density at radius 3 is 2.76 bits per heavy atom. The van der Waals surface area contributed by atoms with Crippen LogP contribution in [-0.2, 0) is 4.74 Å². The second-order valence-corrected chi connectivity index (χ2v) is 4.81. The van der Waals surface area contributed by atoms with Gasteiger partial charge in [0.1, 0.15) is 0 Å². The van der Waals surface area contributed by atoms with Gasteiger partial charge < -0.3 is 15.4 Å². The summed E-state index contributed by atoms with van der Waals surface area (Å²) < 4.78 is 5.69. The summed E-state index contributed by atoms with van der Waals surface area (Å²) in [6.07, 6.45) is 2.93. The van der Waals surface area contributed by atoms with Crippen molar-refractivity contribution in [3.63, 3.8) is 0 Å². The standard InChI is InChI=1S/C11H22N4O.HI/c1-14(2)11(12)13-7-10-8-15(5-6-16-10)9-3-4-9;/h9-10H,3-8H2,1-2H3,(H2,12,13);1H. The van der Waals surface area contributed by atoms with E-state index in [0.29, 0.717) is 12.5 Å². The average Bonchev–Trinajstić information content (AvgIpc) is 3.10. The molecule has 1 atom stereocenters. The molecule has 0 aromatic carbocycles. The summed E-state index contributed by atoms with van der Waals surface area (Å²) in [5, 5.41) is 0. The van der Waals surface area contributed by atoms with Crippen LogP contribution in [0, 0.1) is 0 Å². The van der Waals surface area contributed by atoms with Crippen molar-refractivity contribution in [3.05, 3.63) is 0 Å². The Hall–Kier alpha value is -0.0800. The van der Waals surface area contributed by atoms with Crippen LogP contribution in [0.2, 0.25) is 0 Å². The summed E-state index contributed by atoms with van der Waals surface area (Å²) in [7, 11) is 3.80.